The van der Waals surface area contributed by atoms with Gasteiger partial charge in [0.2, 0.25) is 0 Å². The molecule has 0 bridgehead atoms. The Bertz CT molecular complexity index is 1780. The summed E-state index contributed by atoms with van der Waals surface area (Å²) in [6.07, 6.45) is 99.2. The molecule has 2 unspecified atom stereocenters. The average Bonchev–Trinajstić information content (AvgIpc) is 2.14. The van der Waals surface area contributed by atoms with Crippen molar-refractivity contribution in [2.24, 2.45) is 0 Å². The third-order valence-electron chi connectivity index (χ3n) is 17.8. The summed E-state index contributed by atoms with van der Waals surface area (Å²) < 4.78 is 34.8. The monoisotopic (exact) mass is 1310 g/mol. The first kappa shape index (κ1) is 89.5. The molecule has 2 atom stereocenters. The maximum absolute atomic E-state index is 12.9. The number of hydrogen-bond acceptors (Lipinski definition) is 7. The number of hydrogen-bond donors (Lipinski definition) is 1. The lowest BCUT2D eigenvalue weighted by Crippen LogP contribution is -2.37. The Hall–Kier alpha value is -2.55. The first-order chi connectivity index (χ1) is 45.0. The van der Waals surface area contributed by atoms with Gasteiger partial charge in [-0.3, -0.25) is 18.6 Å². The number of allylic oxidation sites excluding steroid dienone is 12. The molecular formula is C82H153NO8P+. The van der Waals surface area contributed by atoms with E-state index in [1.54, 1.807) is 0 Å². The molecule has 0 spiro atoms. The van der Waals surface area contributed by atoms with Gasteiger partial charge in [-0.25, -0.2) is 4.57 Å². The van der Waals surface area contributed by atoms with Gasteiger partial charge in [0.05, 0.1) is 27.7 Å². The minimum atomic E-state index is -4.40. The number of likely N-dealkylation sites (N-methyl/N-ethyl adjacent to an activating group) is 1. The van der Waals surface area contributed by atoms with E-state index in [-0.39, 0.29) is 32.0 Å². The Kier molecular flexibility index (Phi) is 70.7. The first-order valence-corrected chi connectivity index (χ1v) is 41.2. The van der Waals surface area contributed by atoms with Crippen molar-refractivity contribution in [3.63, 3.8) is 0 Å². The Morgan fingerprint density at radius 3 is 0.924 bits per heavy atom. The molecule has 0 aliphatic rings. The molecule has 0 aliphatic carbocycles. The summed E-state index contributed by atoms with van der Waals surface area (Å²) in [5.41, 5.74) is 0. The topological polar surface area (TPSA) is 108 Å². The molecule has 92 heavy (non-hydrogen) atoms. The second-order valence-corrected chi connectivity index (χ2v) is 29.5. The van der Waals surface area contributed by atoms with Gasteiger partial charge in [-0.05, 0) is 64.2 Å². The van der Waals surface area contributed by atoms with Crippen LogP contribution in [0.1, 0.15) is 386 Å². The van der Waals surface area contributed by atoms with Crippen LogP contribution >= 0.6 is 7.82 Å². The van der Waals surface area contributed by atoms with E-state index in [9.17, 15) is 19.0 Å². The molecule has 538 valence electrons. The highest BCUT2D eigenvalue weighted by Crippen LogP contribution is 2.43. The van der Waals surface area contributed by atoms with Crippen LogP contribution in [0, 0.1) is 0 Å². The maximum atomic E-state index is 12.9. The smallest absolute Gasteiger partial charge is 0.462 e. The fraction of sp³-hybridized carbons (Fsp3) is 0.829. The van der Waals surface area contributed by atoms with E-state index >= 15 is 0 Å². The number of carbonyl (C=O) groups is 2. The van der Waals surface area contributed by atoms with Gasteiger partial charge in [0.1, 0.15) is 19.8 Å². The molecule has 0 aromatic carbocycles. The van der Waals surface area contributed by atoms with Gasteiger partial charge in [0, 0.05) is 12.8 Å². The lowest BCUT2D eigenvalue weighted by Gasteiger charge is -2.24. The van der Waals surface area contributed by atoms with Crippen molar-refractivity contribution in [1.29, 1.82) is 0 Å². The highest BCUT2D eigenvalue weighted by molar-refractivity contribution is 7.47. The van der Waals surface area contributed by atoms with E-state index in [0.717, 1.165) is 83.5 Å². The number of ether oxygens (including phenoxy) is 2. The van der Waals surface area contributed by atoms with E-state index in [2.05, 4.69) is 86.8 Å². The van der Waals surface area contributed by atoms with Crippen molar-refractivity contribution in [2.75, 3.05) is 47.5 Å². The Morgan fingerprint density at radius 2 is 0.620 bits per heavy atom. The summed E-state index contributed by atoms with van der Waals surface area (Å²) in [5.74, 6) is -0.794. The summed E-state index contributed by atoms with van der Waals surface area (Å²) in [6, 6.07) is 0. The van der Waals surface area contributed by atoms with Gasteiger partial charge in [-0.15, -0.1) is 0 Å². The van der Waals surface area contributed by atoms with Crippen LogP contribution in [0.4, 0.5) is 0 Å². The third-order valence-corrected chi connectivity index (χ3v) is 18.7. The van der Waals surface area contributed by atoms with E-state index in [0.29, 0.717) is 17.4 Å². The minimum Gasteiger partial charge on any atom is -0.462 e. The summed E-state index contributed by atoms with van der Waals surface area (Å²) in [7, 11) is 1.48. The van der Waals surface area contributed by atoms with Gasteiger partial charge in [-0.1, -0.05) is 382 Å². The zero-order chi connectivity index (χ0) is 66.9. The van der Waals surface area contributed by atoms with Crippen LogP contribution in [0.5, 0.6) is 0 Å². The first-order valence-electron chi connectivity index (χ1n) is 39.7. The molecule has 0 aromatic rings. The molecule has 10 heteroatoms. The van der Waals surface area contributed by atoms with Gasteiger partial charge in [0.15, 0.2) is 6.10 Å². The minimum absolute atomic E-state index is 0.0286. The normalized spacial score (nSPS) is 13.4. The molecule has 0 rings (SSSR count). The van der Waals surface area contributed by atoms with E-state index in [1.165, 1.54) is 270 Å². The molecule has 0 radical (unpaired) electrons. The Labute approximate surface area is 571 Å². The summed E-state index contributed by atoms with van der Waals surface area (Å²) >= 11 is 0. The molecule has 9 nitrogen and oxygen atoms in total. The van der Waals surface area contributed by atoms with Crippen LogP contribution in [0.3, 0.4) is 0 Å². The quantitative estimate of drug-likeness (QED) is 0.0211. The summed E-state index contributed by atoms with van der Waals surface area (Å²) in [5, 5.41) is 0. The zero-order valence-electron chi connectivity index (χ0n) is 61.5. The highest BCUT2D eigenvalue weighted by Gasteiger charge is 2.27. The fourth-order valence-electron chi connectivity index (χ4n) is 11.7. The van der Waals surface area contributed by atoms with Gasteiger partial charge in [-0.2, -0.15) is 0 Å². The number of phosphoric ester groups is 1. The molecule has 1 N–H and O–H groups in total. The van der Waals surface area contributed by atoms with Crippen LogP contribution in [-0.2, 0) is 32.7 Å². The lowest BCUT2D eigenvalue weighted by atomic mass is 10.0. The SMILES string of the molecule is CC/C=C\C/C=C\C/C=C\C/C=C\C/C=C\C/C=C\CCCCCCCCCCC(=O)OC(COC(=O)CCCCCCCCCCCCCCCCCCCCCCCCCCCCCCCCCCCCCCCCCCC)COP(=O)(O)OCC[N+](C)(C)C. The summed E-state index contributed by atoms with van der Waals surface area (Å²) in [6.45, 7) is 4.36. The van der Waals surface area contributed by atoms with Crippen molar-refractivity contribution < 1.29 is 42.1 Å². The number of unbranched alkanes of at least 4 members (excludes halogenated alkanes) is 48. The van der Waals surface area contributed by atoms with Crippen LogP contribution in [0.25, 0.3) is 0 Å². The number of rotatable bonds is 74. The molecular weight excluding hydrogens is 1160 g/mol. The molecule has 0 aromatic heterocycles. The number of carbonyl (C=O) groups excluding carboxylic acids is 2. The Morgan fingerprint density at radius 1 is 0.348 bits per heavy atom. The zero-order valence-corrected chi connectivity index (χ0v) is 62.4. The molecule has 0 saturated carbocycles. The molecule has 0 saturated heterocycles. The second-order valence-electron chi connectivity index (χ2n) is 28.1. The summed E-state index contributed by atoms with van der Waals surface area (Å²) in [4.78, 5) is 35.9. The van der Waals surface area contributed by atoms with Crippen molar-refractivity contribution in [1.82, 2.24) is 0 Å². The Balaban J connectivity index is 3.90. The molecule has 0 heterocycles. The standard InChI is InChI=1S/C82H152NO8P/c1-6-8-10-12-14-16-18-20-22-24-26-28-30-32-34-35-36-37-38-39-40-41-42-43-44-45-46-47-49-50-52-54-56-58-60-62-64-66-68-70-72-74-81(84)88-78-80(79-90-92(86,87)89-77-76-83(3,4)5)91-82(85)75-73-71-69-67-65-63-61-59-57-55-53-51-48-33-31-29-27-25-23-21-19-17-15-13-11-9-7-2/h9,11,15,17,21,23,27,29,33,48,53,55,80H,6-8,10,12-14,16,18-20,22,24-26,28,30-32,34-47,49-52,54,56-79H2,1-5H3/p+1/b11-9-,17-15-,23-21-,29-27-,48-33-,55-53-. The van der Waals surface area contributed by atoms with Crippen LogP contribution in [0.15, 0.2) is 72.9 Å². The number of quaternary nitrogens is 1. The van der Waals surface area contributed by atoms with E-state index in [4.69, 9.17) is 18.5 Å². The van der Waals surface area contributed by atoms with Crippen LogP contribution in [0.2, 0.25) is 0 Å². The van der Waals surface area contributed by atoms with Gasteiger partial charge in [0.25, 0.3) is 0 Å². The number of phosphoric acid groups is 1. The largest absolute Gasteiger partial charge is 0.472 e. The number of esters is 2. The number of nitrogens with zero attached hydrogens (tertiary/aromatic N) is 1. The van der Waals surface area contributed by atoms with Crippen molar-refractivity contribution in [2.45, 2.75) is 392 Å². The predicted octanol–water partition coefficient (Wildman–Crippen LogP) is 26.3. The fourth-order valence-corrected chi connectivity index (χ4v) is 12.5. The maximum Gasteiger partial charge on any atom is 0.472 e. The van der Waals surface area contributed by atoms with Crippen molar-refractivity contribution in [3.05, 3.63) is 72.9 Å². The molecule has 0 aliphatic heterocycles. The van der Waals surface area contributed by atoms with E-state index in [1.807, 2.05) is 21.1 Å². The second kappa shape index (κ2) is 72.7. The average molecular weight is 1310 g/mol. The molecule has 0 fully saturated rings. The van der Waals surface area contributed by atoms with Gasteiger partial charge >= 0.3 is 19.8 Å². The van der Waals surface area contributed by atoms with Crippen molar-refractivity contribution in [3.8, 4) is 0 Å². The van der Waals surface area contributed by atoms with Crippen LogP contribution < -0.4 is 0 Å². The van der Waals surface area contributed by atoms with E-state index < -0.39 is 26.5 Å². The van der Waals surface area contributed by atoms with Gasteiger partial charge < -0.3 is 18.9 Å². The highest BCUT2D eigenvalue weighted by atomic mass is 31.2. The van der Waals surface area contributed by atoms with Crippen molar-refractivity contribution >= 4 is 19.8 Å². The van der Waals surface area contributed by atoms with Crippen LogP contribution in [-0.4, -0.2) is 74.9 Å². The lowest BCUT2D eigenvalue weighted by molar-refractivity contribution is -0.870. The molecule has 0 amide bonds. The third kappa shape index (κ3) is 76.5. The predicted molar refractivity (Wildman–Crippen MR) is 399 cm³/mol.